The van der Waals surface area contributed by atoms with Crippen molar-refractivity contribution in [2.45, 2.75) is 19.3 Å². The highest BCUT2D eigenvalue weighted by atomic mass is 19.4. The fourth-order valence-electron chi connectivity index (χ4n) is 2.13. The van der Waals surface area contributed by atoms with Gasteiger partial charge >= 0.3 is 12.3 Å². The van der Waals surface area contributed by atoms with Gasteiger partial charge in [-0.3, -0.25) is 9.59 Å². The molecule has 0 aromatic heterocycles. The Labute approximate surface area is 151 Å². The van der Waals surface area contributed by atoms with E-state index >= 15 is 0 Å². The summed E-state index contributed by atoms with van der Waals surface area (Å²) in [5.41, 5.74) is 0.493. The molecule has 27 heavy (non-hydrogen) atoms. The number of amides is 1. The van der Waals surface area contributed by atoms with Crippen LogP contribution in [0.2, 0.25) is 0 Å². The van der Waals surface area contributed by atoms with Crippen molar-refractivity contribution in [3.8, 4) is 5.75 Å². The van der Waals surface area contributed by atoms with Crippen LogP contribution >= 0.6 is 0 Å². The van der Waals surface area contributed by atoms with E-state index in [0.717, 1.165) is 6.07 Å². The van der Waals surface area contributed by atoms with Crippen LogP contribution in [-0.4, -0.2) is 24.8 Å². The van der Waals surface area contributed by atoms with Crippen molar-refractivity contribution in [1.29, 1.82) is 0 Å². The minimum absolute atomic E-state index is 0.106. The first-order valence-corrected chi connectivity index (χ1v) is 7.73. The van der Waals surface area contributed by atoms with Gasteiger partial charge < -0.3 is 14.8 Å². The second-order valence-corrected chi connectivity index (χ2v) is 5.40. The summed E-state index contributed by atoms with van der Waals surface area (Å²) in [6.07, 6.45) is -5.07. The zero-order valence-electron chi connectivity index (χ0n) is 13.9. The van der Waals surface area contributed by atoms with Crippen LogP contribution in [0.3, 0.4) is 0 Å². The number of hydrogen-bond donors (Lipinski definition) is 1. The Morgan fingerprint density at radius 1 is 1.04 bits per heavy atom. The maximum Gasteiger partial charge on any atom is 0.573 e. The third-order valence-corrected chi connectivity index (χ3v) is 3.28. The molecule has 0 fully saturated rings. The summed E-state index contributed by atoms with van der Waals surface area (Å²) in [7, 11) is 0. The third-order valence-electron chi connectivity index (χ3n) is 3.28. The smallest absolute Gasteiger partial charge is 0.455 e. The Balaban J connectivity index is 1.80. The fourth-order valence-corrected chi connectivity index (χ4v) is 2.13. The Hall–Kier alpha value is -3.10. The molecular weight excluding hydrogens is 370 g/mol. The molecule has 0 saturated carbocycles. The largest absolute Gasteiger partial charge is 0.573 e. The van der Waals surface area contributed by atoms with Crippen LogP contribution in [0.4, 0.5) is 17.6 Å². The van der Waals surface area contributed by atoms with E-state index in [2.05, 4.69) is 10.1 Å². The zero-order chi connectivity index (χ0) is 19.9. The molecule has 0 heterocycles. The number of carbonyl (C=O) groups excluding carboxylic acids is 2. The number of nitrogens with one attached hydrogen (secondary N) is 1. The second-order valence-electron chi connectivity index (χ2n) is 5.40. The molecular formula is C18H15F4NO4. The highest BCUT2D eigenvalue weighted by molar-refractivity contribution is 5.81. The molecule has 0 bridgehead atoms. The summed E-state index contributed by atoms with van der Waals surface area (Å²) in [4.78, 5) is 23.4. The van der Waals surface area contributed by atoms with E-state index < -0.39 is 36.4 Å². The number of esters is 1. The number of ether oxygens (including phenoxy) is 2. The predicted molar refractivity (Wildman–Crippen MR) is 86.0 cm³/mol. The average molecular weight is 385 g/mol. The van der Waals surface area contributed by atoms with E-state index in [1.165, 1.54) is 42.5 Å². The van der Waals surface area contributed by atoms with E-state index in [4.69, 9.17) is 4.74 Å². The lowest BCUT2D eigenvalue weighted by Crippen LogP contribution is -2.29. The first kappa shape index (κ1) is 20.2. The van der Waals surface area contributed by atoms with E-state index in [1.807, 2.05) is 0 Å². The summed E-state index contributed by atoms with van der Waals surface area (Å²) in [5, 5.41) is 2.33. The molecule has 0 aliphatic heterocycles. The number of rotatable bonds is 7. The number of para-hydroxylation sites is 1. The van der Waals surface area contributed by atoms with E-state index in [9.17, 15) is 27.2 Å². The normalized spacial score (nSPS) is 11.0. The molecule has 5 nitrogen and oxygen atoms in total. The third kappa shape index (κ3) is 7.35. The van der Waals surface area contributed by atoms with E-state index in [1.54, 1.807) is 0 Å². The molecule has 0 aliphatic carbocycles. The van der Waals surface area contributed by atoms with Gasteiger partial charge in [0.25, 0.3) is 5.91 Å². The molecule has 0 aliphatic rings. The van der Waals surface area contributed by atoms with Crippen molar-refractivity contribution in [3.05, 3.63) is 65.5 Å². The van der Waals surface area contributed by atoms with Crippen LogP contribution < -0.4 is 10.1 Å². The van der Waals surface area contributed by atoms with Gasteiger partial charge in [-0.15, -0.1) is 13.2 Å². The highest BCUT2D eigenvalue weighted by Crippen LogP contribution is 2.26. The van der Waals surface area contributed by atoms with Gasteiger partial charge in [0.1, 0.15) is 11.6 Å². The molecule has 0 saturated heterocycles. The number of alkyl halides is 3. The van der Waals surface area contributed by atoms with E-state index in [0.29, 0.717) is 5.56 Å². The molecule has 2 rings (SSSR count). The molecule has 0 spiro atoms. The predicted octanol–water partition coefficient (Wildman–Crippen LogP) is 3.13. The van der Waals surface area contributed by atoms with Crippen LogP contribution in [-0.2, 0) is 27.3 Å². The lowest BCUT2D eigenvalue weighted by molar-refractivity contribution is -0.274. The first-order chi connectivity index (χ1) is 12.7. The topological polar surface area (TPSA) is 64.6 Å². The van der Waals surface area contributed by atoms with Gasteiger partial charge in [0.05, 0.1) is 6.42 Å². The van der Waals surface area contributed by atoms with Gasteiger partial charge in [-0.05, 0) is 23.8 Å². The van der Waals surface area contributed by atoms with Gasteiger partial charge in [0.2, 0.25) is 0 Å². The summed E-state index contributed by atoms with van der Waals surface area (Å²) >= 11 is 0. The summed E-state index contributed by atoms with van der Waals surface area (Å²) in [6.45, 7) is -0.858. The van der Waals surface area contributed by atoms with Crippen molar-refractivity contribution in [2.75, 3.05) is 6.61 Å². The molecule has 9 heteroatoms. The van der Waals surface area contributed by atoms with Gasteiger partial charge in [-0.1, -0.05) is 30.3 Å². The molecule has 0 radical (unpaired) electrons. The van der Waals surface area contributed by atoms with Gasteiger partial charge in [-0.2, -0.15) is 0 Å². The highest BCUT2D eigenvalue weighted by Gasteiger charge is 2.31. The Kier molecular flexibility index (Phi) is 6.75. The van der Waals surface area contributed by atoms with Crippen molar-refractivity contribution >= 4 is 11.9 Å². The molecule has 144 valence electrons. The lowest BCUT2D eigenvalue weighted by atomic mass is 10.1. The van der Waals surface area contributed by atoms with Gasteiger partial charge in [-0.25, -0.2) is 4.39 Å². The number of halogens is 4. The summed E-state index contributed by atoms with van der Waals surface area (Å²) in [5.74, 6) is -2.38. The number of carbonyl (C=O) groups is 2. The summed E-state index contributed by atoms with van der Waals surface area (Å²) < 4.78 is 58.7. The molecule has 2 aromatic carbocycles. The van der Waals surface area contributed by atoms with Crippen LogP contribution in [0.1, 0.15) is 11.1 Å². The number of benzene rings is 2. The maximum absolute atomic E-state index is 13.0. The van der Waals surface area contributed by atoms with Crippen molar-refractivity contribution in [2.24, 2.45) is 0 Å². The summed E-state index contributed by atoms with van der Waals surface area (Å²) in [6, 6.07) is 10.7. The van der Waals surface area contributed by atoms with Crippen LogP contribution in [0.5, 0.6) is 5.75 Å². The Morgan fingerprint density at radius 2 is 1.78 bits per heavy atom. The fraction of sp³-hybridized carbons (Fsp3) is 0.222. The lowest BCUT2D eigenvalue weighted by Gasteiger charge is -2.13. The van der Waals surface area contributed by atoms with Crippen LogP contribution in [0.15, 0.2) is 48.5 Å². The average Bonchev–Trinajstić information content (AvgIpc) is 2.58. The maximum atomic E-state index is 13.0. The monoisotopic (exact) mass is 385 g/mol. The molecule has 1 amide bonds. The second kappa shape index (κ2) is 9.02. The Morgan fingerprint density at radius 3 is 2.48 bits per heavy atom. The Bertz CT molecular complexity index is 808. The first-order valence-electron chi connectivity index (χ1n) is 7.73. The van der Waals surface area contributed by atoms with Crippen molar-refractivity contribution < 1.29 is 36.6 Å². The standard InChI is InChI=1S/C18H15F4NO4/c19-14-6-3-4-12(8-14)9-17(25)26-11-16(24)23-10-13-5-1-2-7-15(13)27-18(20,21)22/h1-8H,9-11H2,(H,23,24). The number of hydrogen-bond acceptors (Lipinski definition) is 4. The van der Waals surface area contributed by atoms with Crippen LogP contribution in [0.25, 0.3) is 0 Å². The minimum atomic E-state index is -4.85. The van der Waals surface area contributed by atoms with Crippen LogP contribution in [0, 0.1) is 5.82 Å². The zero-order valence-corrected chi connectivity index (χ0v) is 13.9. The minimum Gasteiger partial charge on any atom is -0.455 e. The quantitative estimate of drug-likeness (QED) is 0.588. The SMILES string of the molecule is O=C(COC(=O)Cc1cccc(F)c1)NCc1ccccc1OC(F)(F)F. The molecule has 0 unspecified atom stereocenters. The van der Waals surface area contributed by atoms with Gasteiger partial charge in [0.15, 0.2) is 6.61 Å². The van der Waals surface area contributed by atoms with Gasteiger partial charge in [0, 0.05) is 12.1 Å². The van der Waals surface area contributed by atoms with Crippen molar-refractivity contribution in [1.82, 2.24) is 5.32 Å². The molecule has 1 N–H and O–H groups in total. The van der Waals surface area contributed by atoms with Crippen molar-refractivity contribution in [3.63, 3.8) is 0 Å². The molecule has 2 aromatic rings. The van der Waals surface area contributed by atoms with E-state index in [-0.39, 0.29) is 18.5 Å². The molecule has 0 atom stereocenters.